The molecule has 0 bridgehead atoms. The zero-order valence-corrected chi connectivity index (χ0v) is 17.0. The molecule has 134 valence electrons. The molecular formula is C18H14BrClN2O3S. The van der Waals surface area contributed by atoms with E-state index in [1.165, 1.54) is 17.6 Å². The molecule has 0 aliphatic rings. The number of hydrogen-bond donors (Lipinski definition) is 1. The van der Waals surface area contributed by atoms with Gasteiger partial charge in [0.05, 0.1) is 29.9 Å². The molecule has 1 heterocycles. The molecule has 5 nitrogen and oxygen atoms in total. The molecule has 0 spiro atoms. The molecular weight excluding hydrogens is 440 g/mol. The lowest BCUT2D eigenvalue weighted by molar-refractivity contribution is 0.0959. The van der Waals surface area contributed by atoms with E-state index in [2.05, 4.69) is 26.5 Å². The highest BCUT2D eigenvalue weighted by atomic mass is 79.9. The lowest BCUT2D eigenvalue weighted by Gasteiger charge is -2.09. The first-order chi connectivity index (χ1) is 12.5. The molecule has 8 heteroatoms. The molecule has 0 aliphatic carbocycles. The number of carbonyl (C=O) groups is 1. The van der Waals surface area contributed by atoms with Gasteiger partial charge in [0.25, 0.3) is 5.91 Å². The predicted molar refractivity (Wildman–Crippen MR) is 109 cm³/mol. The topological polar surface area (TPSA) is 59.9 Å². The van der Waals surface area contributed by atoms with Crippen molar-refractivity contribution in [2.24, 2.45) is 5.10 Å². The second kappa shape index (κ2) is 8.07. The van der Waals surface area contributed by atoms with Crippen molar-refractivity contribution in [3.05, 3.63) is 56.3 Å². The van der Waals surface area contributed by atoms with E-state index in [1.54, 1.807) is 26.4 Å². The van der Waals surface area contributed by atoms with Crippen molar-refractivity contribution in [1.82, 2.24) is 5.43 Å². The van der Waals surface area contributed by atoms with Crippen LogP contribution in [0.2, 0.25) is 5.02 Å². The number of methoxy groups -OCH3 is 2. The van der Waals surface area contributed by atoms with Crippen LogP contribution in [-0.4, -0.2) is 26.3 Å². The summed E-state index contributed by atoms with van der Waals surface area (Å²) in [7, 11) is 3.12. The number of ether oxygens (including phenoxy) is 2. The number of carbonyl (C=O) groups excluding carboxylic acids is 1. The van der Waals surface area contributed by atoms with Crippen molar-refractivity contribution >= 4 is 61.1 Å². The van der Waals surface area contributed by atoms with Gasteiger partial charge in [-0.25, -0.2) is 5.43 Å². The quantitative estimate of drug-likeness (QED) is 0.432. The third-order valence-electron chi connectivity index (χ3n) is 3.62. The number of nitrogens with one attached hydrogen (secondary N) is 1. The summed E-state index contributed by atoms with van der Waals surface area (Å²) in [5.41, 5.74) is 3.19. The largest absolute Gasteiger partial charge is 0.496 e. The van der Waals surface area contributed by atoms with Gasteiger partial charge in [0.1, 0.15) is 16.4 Å². The molecule has 3 rings (SSSR count). The zero-order chi connectivity index (χ0) is 18.7. The zero-order valence-electron chi connectivity index (χ0n) is 13.9. The van der Waals surface area contributed by atoms with E-state index in [9.17, 15) is 4.79 Å². The molecule has 0 unspecified atom stereocenters. The van der Waals surface area contributed by atoms with E-state index in [-0.39, 0.29) is 5.91 Å². The Morgan fingerprint density at radius 1 is 1.23 bits per heavy atom. The summed E-state index contributed by atoms with van der Waals surface area (Å²) < 4.78 is 12.3. The summed E-state index contributed by atoms with van der Waals surface area (Å²) in [5.74, 6) is 0.849. The van der Waals surface area contributed by atoms with Crippen LogP contribution in [0.1, 0.15) is 15.2 Å². The smallest absolute Gasteiger partial charge is 0.283 e. The van der Waals surface area contributed by atoms with Crippen LogP contribution in [0.3, 0.4) is 0 Å². The third-order valence-corrected chi connectivity index (χ3v) is 5.91. The summed E-state index contributed by atoms with van der Waals surface area (Å²) in [6, 6.07) is 11.1. The summed E-state index contributed by atoms with van der Waals surface area (Å²) in [4.78, 5) is 12.8. The van der Waals surface area contributed by atoms with E-state index >= 15 is 0 Å². The molecule has 0 aliphatic heterocycles. The van der Waals surface area contributed by atoms with Gasteiger partial charge in [0, 0.05) is 21.7 Å². The minimum atomic E-state index is -0.362. The number of fused-ring (bicyclic) bond motifs is 1. The van der Waals surface area contributed by atoms with E-state index in [0.29, 0.717) is 27.0 Å². The maximum atomic E-state index is 12.4. The number of benzene rings is 2. The lowest BCUT2D eigenvalue weighted by atomic mass is 10.2. The van der Waals surface area contributed by atoms with Gasteiger partial charge in [-0.3, -0.25) is 4.79 Å². The van der Waals surface area contributed by atoms with Crippen molar-refractivity contribution in [2.45, 2.75) is 0 Å². The summed E-state index contributed by atoms with van der Waals surface area (Å²) >= 11 is 11.0. The average molecular weight is 454 g/mol. The van der Waals surface area contributed by atoms with Gasteiger partial charge in [-0.1, -0.05) is 29.8 Å². The Morgan fingerprint density at radius 2 is 1.96 bits per heavy atom. The second-order valence-corrected chi connectivity index (χ2v) is 7.45. The molecule has 0 fully saturated rings. The number of thiophene rings is 1. The minimum Gasteiger partial charge on any atom is -0.496 e. The highest BCUT2D eigenvalue weighted by molar-refractivity contribution is 9.10. The Hall–Kier alpha value is -2.09. The number of hydrogen-bond acceptors (Lipinski definition) is 5. The van der Waals surface area contributed by atoms with Crippen LogP contribution < -0.4 is 14.9 Å². The second-order valence-electron chi connectivity index (χ2n) is 5.17. The van der Waals surface area contributed by atoms with Crippen LogP contribution in [0.25, 0.3) is 10.1 Å². The molecule has 0 saturated heterocycles. The van der Waals surface area contributed by atoms with E-state index in [4.69, 9.17) is 21.1 Å². The van der Waals surface area contributed by atoms with Crippen LogP contribution in [0.5, 0.6) is 11.5 Å². The van der Waals surface area contributed by atoms with Crippen molar-refractivity contribution in [3.8, 4) is 11.5 Å². The molecule has 1 aromatic heterocycles. The SMILES string of the molecule is COc1cc(OC)c(C=NNC(=O)c2sc3ccccc3c2Cl)cc1Br. The standard InChI is InChI=1S/C18H14BrClN2O3S/c1-24-13-8-14(25-2)12(19)7-10(13)9-21-22-18(23)17-16(20)11-5-3-4-6-15(11)26-17/h3-9H,1-2H3,(H,22,23). The van der Waals surface area contributed by atoms with Gasteiger partial charge in [0.15, 0.2) is 0 Å². The lowest BCUT2D eigenvalue weighted by Crippen LogP contribution is -2.16. The molecule has 26 heavy (non-hydrogen) atoms. The van der Waals surface area contributed by atoms with Crippen LogP contribution in [0.15, 0.2) is 46.0 Å². The fourth-order valence-corrected chi connectivity index (χ4v) is 4.29. The maximum absolute atomic E-state index is 12.4. The summed E-state index contributed by atoms with van der Waals surface area (Å²) in [6.07, 6.45) is 1.50. The van der Waals surface area contributed by atoms with Crippen molar-refractivity contribution in [2.75, 3.05) is 14.2 Å². The van der Waals surface area contributed by atoms with Crippen molar-refractivity contribution in [1.29, 1.82) is 0 Å². The molecule has 2 aromatic carbocycles. The number of hydrazone groups is 1. The Morgan fingerprint density at radius 3 is 2.65 bits per heavy atom. The molecule has 1 amide bonds. The first-order valence-corrected chi connectivity index (χ1v) is 9.46. The molecule has 1 N–H and O–H groups in total. The van der Waals surface area contributed by atoms with Crippen molar-refractivity contribution < 1.29 is 14.3 Å². The maximum Gasteiger partial charge on any atom is 0.283 e. The first-order valence-electron chi connectivity index (χ1n) is 7.47. The number of rotatable bonds is 5. The van der Waals surface area contributed by atoms with Crippen LogP contribution in [0.4, 0.5) is 0 Å². The Balaban J connectivity index is 1.81. The van der Waals surface area contributed by atoms with E-state index in [1.807, 2.05) is 24.3 Å². The highest BCUT2D eigenvalue weighted by Crippen LogP contribution is 2.35. The van der Waals surface area contributed by atoms with Gasteiger partial charge in [-0.05, 0) is 28.1 Å². The Bertz CT molecular complexity index is 1000. The van der Waals surface area contributed by atoms with Gasteiger partial charge in [-0.15, -0.1) is 11.3 Å². The third kappa shape index (κ3) is 3.70. The van der Waals surface area contributed by atoms with Crippen molar-refractivity contribution in [3.63, 3.8) is 0 Å². The summed E-state index contributed by atoms with van der Waals surface area (Å²) in [6.45, 7) is 0. The molecule has 0 radical (unpaired) electrons. The average Bonchev–Trinajstić information content (AvgIpc) is 2.99. The number of nitrogens with zero attached hydrogens (tertiary/aromatic N) is 1. The minimum absolute atomic E-state index is 0.362. The van der Waals surface area contributed by atoms with Gasteiger partial charge in [0.2, 0.25) is 0 Å². The fourth-order valence-electron chi connectivity index (χ4n) is 2.36. The Kier molecular flexibility index (Phi) is 5.80. The number of amides is 1. The highest BCUT2D eigenvalue weighted by Gasteiger charge is 2.16. The normalized spacial score (nSPS) is 11.1. The monoisotopic (exact) mass is 452 g/mol. The van der Waals surface area contributed by atoms with E-state index in [0.717, 1.165) is 14.6 Å². The predicted octanol–water partition coefficient (Wildman–Crippen LogP) is 5.10. The number of halogens is 2. The van der Waals surface area contributed by atoms with E-state index < -0.39 is 0 Å². The van der Waals surface area contributed by atoms with Crippen LogP contribution in [0, 0.1) is 0 Å². The first kappa shape index (κ1) is 18.7. The summed E-state index contributed by atoms with van der Waals surface area (Å²) in [5, 5.41) is 5.31. The fraction of sp³-hybridized carbons (Fsp3) is 0.111. The van der Waals surface area contributed by atoms with Gasteiger partial charge in [-0.2, -0.15) is 5.10 Å². The Labute approximate surface area is 167 Å². The molecule has 3 aromatic rings. The van der Waals surface area contributed by atoms with Crippen LogP contribution >= 0.6 is 38.9 Å². The van der Waals surface area contributed by atoms with Crippen LogP contribution in [-0.2, 0) is 0 Å². The molecule has 0 saturated carbocycles. The van der Waals surface area contributed by atoms with Gasteiger partial charge < -0.3 is 9.47 Å². The molecule has 0 atom stereocenters. The van der Waals surface area contributed by atoms with Gasteiger partial charge >= 0.3 is 0 Å².